The second-order valence-corrected chi connectivity index (χ2v) is 7.66. The number of aromatic nitrogens is 2. The largest absolute Gasteiger partial charge is 0.325 e. The number of hydrogen-bond acceptors (Lipinski definition) is 5. The van der Waals surface area contributed by atoms with Gasteiger partial charge in [-0.2, -0.15) is 5.26 Å². The average Bonchev–Trinajstić information content (AvgIpc) is 2.95. The lowest BCUT2D eigenvalue weighted by Gasteiger charge is -2.09. The van der Waals surface area contributed by atoms with Crippen LogP contribution in [0.15, 0.2) is 16.2 Å². The number of carbonyl (C=O) groups excluding carboxylic acids is 1. The van der Waals surface area contributed by atoms with E-state index in [1.807, 2.05) is 25.3 Å². The molecule has 0 aliphatic heterocycles. The summed E-state index contributed by atoms with van der Waals surface area (Å²) < 4.78 is 0. The van der Waals surface area contributed by atoms with Gasteiger partial charge in [0, 0.05) is 11.1 Å². The molecule has 2 heterocycles. The van der Waals surface area contributed by atoms with Gasteiger partial charge in [-0.25, -0.2) is 4.98 Å². The van der Waals surface area contributed by atoms with E-state index in [0.29, 0.717) is 5.01 Å². The van der Waals surface area contributed by atoms with Crippen molar-refractivity contribution in [1.82, 2.24) is 9.97 Å². The molecule has 0 bridgehead atoms. The van der Waals surface area contributed by atoms with Gasteiger partial charge in [-0.1, -0.05) is 20.3 Å². The topological polar surface area (TPSA) is 86.6 Å². The van der Waals surface area contributed by atoms with E-state index in [1.165, 1.54) is 11.3 Å². The van der Waals surface area contributed by atoms with Gasteiger partial charge in [0.2, 0.25) is 0 Å². The highest BCUT2D eigenvalue weighted by atomic mass is 32.1. The molecule has 3 rings (SSSR count). The minimum Gasteiger partial charge on any atom is -0.325 e. The maximum atomic E-state index is 12.9. The smallest absolute Gasteiger partial charge is 0.259 e. The highest BCUT2D eigenvalue weighted by molar-refractivity contribution is 7.10. The summed E-state index contributed by atoms with van der Waals surface area (Å²) in [5.41, 5.74) is 2.51. The molecule has 0 spiro atoms. The molecule has 1 aliphatic rings. The van der Waals surface area contributed by atoms with Gasteiger partial charge >= 0.3 is 0 Å². The molecule has 0 amide bonds. The Morgan fingerprint density at radius 3 is 2.76 bits per heavy atom. The molecule has 0 unspecified atom stereocenters. The lowest BCUT2D eigenvalue weighted by atomic mass is 9.97. The van der Waals surface area contributed by atoms with Crippen LogP contribution >= 0.6 is 11.3 Å². The third-order valence-corrected chi connectivity index (χ3v) is 5.55. The van der Waals surface area contributed by atoms with Crippen molar-refractivity contribution in [2.45, 2.75) is 57.8 Å². The van der Waals surface area contributed by atoms with E-state index in [1.54, 1.807) is 6.07 Å². The molecular weight excluding hydrogens is 334 g/mol. The van der Waals surface area contributed by atoms with Gasteiger partial charge in [0.1, 0.15) is 5.01 Å². The number of rotatable bonds is 4. The summed E-state index contributed by atoms with van der Waals surface area (Å²) in [5.74, 6) is -1.25. The molecule has 2 aromatic heterocycles. The summed E-state index contributed by atoms with van der Waals surface area (Å²) in [4.78, 5) is 32.6. The number of nitrogens with one attached hydrogen (secondary N) is 1. The molecular formula is C19H21N3O2S. The number of Topliss-reactive ketones (excluding diaryl/α,β-unsaturated/α-hetero) is 1. The van der Waals surface area contributed by atoms with Crippen LogP contribution in [-0.4, -0.2) is 15.8 Å². The van der Waals surface area contributed by atoms with Crippen molar-refractivity contribution in [2.75, 3.05) is 0 Å². The SMILES string of the molecule is CC(C)c1csc([C@@H](C#N)C(=O)c2cc3c([nH]c2=O)CCCCC3)n1. The highest BCUT2D eigenvalue weighted by Crippen LogP contribution is 2.27. The van der Waals surface area contributed by atoms with E-state index in [2.05, 4.69) is 9.97 Å². The summed E-state index contributed by atoms with van der Waals surface area (Å²) in [5, 5.41) is 11.9. The van der Waals surface area contributed by atoms with Crippen molar-refractivity contribution >= 4 is 17.1 Å². The lowest BCUT2D eigenvalue weighted by Crippen LogP contribution is -2.24. The number of hydrogen-bond donors (Lipinski definition) is 1. The van der Waals surface area contributed by atoms with Gasteiger partial charge in [0.05, 0.1) is 17.3 Å². The second kappa shape index (κ2) is 7.32. The number of nitrogens with zero attached hydrogens (tertiary/aromatic N) is 2. The Hall–Kier alpha value is -2.26. The molecule has 1 atom stereocenters. The molecule has 6 heteroatoms. The molecule has 0 radical (unpaired) electrons. The summed E-state index contributed by atoms with van der Waals surface area (Å²) in [6.07, 6.45) is 4.92. The van der Waals surface area contributed by atoms with Crippen LogP contribution in [0.25, 0.3) is 0 Å². The maximum absolute atomic E-state index is 12.9. The van der Waals surface area contributed by atoms with Crippen LogP contribution in [0.5, 0.6) is 0 Å². The van der Waals surface area contributed by atoms with E-state index < -0.39 is 17.3 Å². The van der Waals surface area contributed by atoms with Crippen molar-refractivity contribution < 1.29 is 4.79 Å². The van der Waals surface area contributed by atoms with Crippen LogP contribution in [0.4, 0.5) is 0 Å². The van der Waals surface area contributed by atoms with Crippen LogP contribution in [0.3, 0.4) is 0 Å². The standard InChI is InChI=1S/C19H21N3O2S/c1-11(2)16-10-25-19(22-16)14(9-20)17(23)13-8-12-6-4-3-5-7-15(12)21-18(13)24/h8,10-11,14H,3-7H2,1-2H3,(H,21,24)/t14-/m0/s1. The van der Waals surface area contributed by atoms with E-state index in [4.69, 9.17) is 0 Å². The van der Waals surface area contributed by atoms with Gasteiger partial charge < -0.3 is 4.98 Å². The zero-order valence-electron chi connectivity index (χ0n) is 14.5. The van der Waals surface area contributed by atoms with Crippen molar-refractivity contribution in [3.63, 3.8) is 0 Å². The Morgan fingerprint density at radius 2 is 2.08 bits per heavy atom. The third-order valence-electron chi connectivity index (χ3n) is 4.62. The number of carbonyl (C=O) groups is 1. The molecule has 0 saturated carbocycles. The van der Waals surface area contributed by atoms with Crippen LogP contribution in [0.1, 0.15) is 77.3 Å². The monoisotopic (exact) mass is 355 g/mol. The highest BCUT2D eigenvalue weighted by Gasteiger charge is 2.28. The molecule has 0 fully saturated rings. The predicted molar refractivity (Wildman–Crippen MR) is 97.2 cm³/mol. The summed E-state index contributed by atoms with van der Waals surface area (Å²) in [6.45, 7) is 4.03. The maximum Gasteiger partial charge on any atom is 0.259 e. The molecule has 25 heavy (non-hydrogen) atoms. The Kier molecular flexibility index (Phi) is 5.14. The Balaban J connectivity index is 1.97. The van der Waals surface area contributed by atoms with Gasteiger partial charge in [-0.3, -0.25) is 9.59 Å². The Morgan fingerprint density at radius 1 is 1.32 bits per heavy atom. The van der Waals surface area contributed by atoms with E-state index in [-0.39, 0.29) is 11.5 Å². The number of aromatic amines is 1. The number of fused-ring (bicyclic) bond motifs is 1. The van der Waals surface area contributed by atoms with Crippen LogP contribution < -0.4 is 5.56 Å². The van der Waals surface area contributed by atoms with E-state index >= 15 is 0 Å². The summed E-state index contributed by atoms with van der Waals surface area (Å²) in [6, 6.07) is 3.73. The zero-order chi connectivity index (χ0) is 18.0. The number of H-pyrrole nitrogens is 1. The quantitative estimate of drug-likeness (QED) is 0.669. The average molecular weight is 355 g/mol. The van der Waals surface area contributed by atoms with Crippen LogP contribution in [0.2, 0.25) is 0 Å². The minimum absolute atomic E-state index is 0.0773. The normalized spacial score (nSPS) is 15.3. The molecule has 1 N–H and O–H groups in total. The van der Waals surface area contributed by atoms with Gasteiger partial charge in [-0.05, 0) is 43.2 Å². The number of aryl methyl sites for hydroxylation is 2. The fraction of sp³-hybridized carbons (Fsp3) is 0.474. The Bertz CT molecular complexity index is 889. The lowest BCUT2D eigenvalue weighted by molar-refractivity contribution is 0.0977. The molecule has 130 valence electrons. The van der Waals surface area contributed by atoms with Crippen LogP contribution in [-0.2, 0) is 12.8 Å². The predicted octanol–water partition coefficient (Wildman–Crippen LogP) is 3.71. The first-order valence-electron chi connectivity index (χ1n) is 8.65. The number of ketones is 1. The van der Waals surface area contributed by atoms with Crippen molar-refractivity contribution in [3.05, 3.63) is 49.3 Å². The minimum atomic E-state index is -1.03. The van der Waals surface area contributed by atoms with Crippen molar-refractivity contribution in [3.8, 4) is 6.07 Å². The molecule has 0 aromatic carbocycles. The molecule has 0 saturated heterocycles. The fourth-order valence-corrected chi connectivity index (χ4v) is 4.13. The van der Waals surface area contributed by atoms with Gasteiger partial charge in [-0.15, -0.1) is 11.3 Å². The van der Waals surface area contributed by atoms with E-state index in [0.717, 1.165) is 49.1 Å². The summed E-state index contributed by atoms with van der Waals surface area (Å²) >= 11 is 1.30. The fourth-order valence-electron chi connectivity index (χ4n) is 3.11. The van der Waals surface area contributed by atoms with Crippen molar-refractivity contribution in [2.24, 2.45) is 0 Å². The van der Waals surface area contributed by atoms with Gasteiger partial charge in [0.25, 0.3) is 5.56 Å². The first-order chi connectivity index (χ1) is 12.0. The van der Waals surface area contributed by atoms with Crippen LogP contribution in [0, 0.1) is 11.3 Å². The first kappa shape index (κ1) is 17.6. The number of thiazole rings is 1. The van der Waals surface area contributed by atoms with Gasteiger partial charge in [0.15, 0.2) is 11.7 Å². The molecule has 1 aliphatic carbocycles. The summed E-state index contributed by atoms with van der Waals surface area (Å²) in [7, 11) is 0. The van der Waals surface area contributed by atoms with E-state index in [9.17, 15) is 14.9 Å². The first-order valence-corrected chi connectivity index (χ1v) is 9.53. The van der Waals surface area contributed by atoms with Crippen molar-refractivity contribution in [1.29, 1.82) is 5.26 Å². The second-order valence-electron chi connectivity index (χ2n) is 6.77. The Labute approximate surface area is 150 Å². The molecule has 2 aromatic rings. The molecule has 5 nitrogen and oxygen atoms in total. The zero-order valence-corrected chi connectivity index (χ0v) is 15.3. The third kappa shape index (κ3) is 3.57. The number of pyridine rings is 1. The number of nitriles is 1.